The molecule has 16 heavy (non-hydrogen) atoms. The fourth-order valence-electron chi connectivity index (χ4n) is 1.25. The molecule has 0 radical (unpaired) electrons. The van der Waals surface area contributed by atoms with Crippen molar-refractivity contribution in [3.8, 4) is 0 Å². The summed E-state index contributed by atoms with van der Waals surface area (Å²) in [4.78, 5) is 27.8. The lowest BCUT2D eigenvalue weighted by Gasteiger charge is -2.12. The zero-order valence-corrected chi connectivity index (χ0v) is 10.3. The van der Waals surface area contributed by atoms with Gasteiger partial charge < -0.3 is 0 Å². The molecule has 84 valence electrons. The zero-order valence-electron chi connectivity index (χ0n) is 7.94. The highest BCUT2D eigenvalue weighted by Crippen LogP contribution is 2.24. The number of hydrogen-bond donors (Lipinski definition) is 0. The van der Waals surface area contributed by atoms with Crippen LogP contribution in [-0.2, 0) is 11.3 Å². The number of pyridine rings is 1. The quantitative estimate of drug-likeness (QED) is 0.780. The first kappa shape index (κ1) is 11.7. The number of nitrogens with zero attached hydrogens (tertiary/aromatic N) is 2. The average Bonchev–Trinajstić information content (AvgIpc) is 2.55. The second-order valence-electron chi connectivity index (χ2n) is 3.10. The summed E-state index contributed by atoms with van der Waals surface area (Å²) in [6.07, 6.45) is 0. The summed E-state index contributed by atoms with van der Waals surface area (Å²) in [5.74, 6) is -0.0513. The number of amides is 2. The van der Waals surface area contributed by atoms with Crippen molar-refractivity contribution in [3.05, 3.63) is 28.0 Å². The molecule has 0 aromatic carbocycles. The number of hydrogen-bond acceptors (Lipinski definition) is 4. The summed E-state index contributed by atoms with van der Waals surface area (Å²) in [5.41, 5.74) is 0.429. The van der Waals surface area contributed by atoms with E-state index in [1.807, 2.05) is 0 Å². The summed E-state index contributed by atoms with van der Waals surface area (Å²) in [7, 11) is 0. The lowest BCUT2D eigenvalue weighted by Crippen LogP contribution is -2.28. The van der Waals surface area contributed by atoms with Gasteiger partial charge in [0.1, 0.15) is 5.15 Å². The lowest BCUT2D eigenvalue weighted by atomic mass is 10.3. The Balaban J connectivity index is 2.23. The van der Waals surface area contributed by atoms with Crippen molar-refractivity contribution in [2.75, 3.05) is 5.75 Å². The van der Waals surface area contributed by atoms with Crippen LogP contribution in [0.2, 0.25) is 10.2 Å². The summed E-state index contributed by atoms with van der Waals surface area (Å²) >= 11 is 12.6. The Morgan fingerprint density at radius 3 is 2.75 bits per heavy atom. The van der Waals surface area contributed by atoms with Crippen LogP contribution in [-0.4, -0.2) is 26.8 Å². The number of thioether (sulfide) groups is 1. The molecule has 0 atom stereocenters. The molecule has 0 unspecified atom stereocenters. The van der Waals surface area contributed by atoms with E-state index in [4.69, 9.17) is 23.2 Å². The van der Waals surface area contributed by atoms with Crippen molar-refractivity contribution in [2.24, 2.45) is 0 Å². The highest BCUT2D eigenvalue weighted by molar-refractivity contribution is 8.14. The highest BCUT2D eigenvalue weighted by atomic mass is 35.5. The molecule has 7 heteroatoms. The van der Waals surface area contributed by atoms with Crippen molar-refractivity contribution >= 4 is 46.1 Å². The molecule has 4 nitrogen and oxygen atoms in total. The van der Waals surface area contributed by atoms with E-state index in [0.29, 0.717) is 10.7 Å². The van der Waals surface area contributed by atoms with Crippen LogP contribution in [0.25, 0.3) is 0 Å². The minimum atomic E-state index is -0.275. The maximum absolute atomic E-state index is 11.4. The minimum absolute atomic E-state index is 0.0735. The SMILES string of the molecule is O=C1CSC(=O)N1Cc1nc(Cl)ccc1Cl. The molecule has 1 saturated heterocycles. The fraction of sp³-hybridized carbons (Fsp3) is 0.222. The molecule has 1 aliphatic rings. The van der Waals surface area contributed by atoms with Gasteiger partial charge in [0.05, 0.1) is 23.0 Å². The maximum Gasteiger partial charge on any atom is 0.289 e. The summed E-state index contributed by atoms with van der Waals surface area (Å²) in [6.45, 7) is 0.0735. The molecule has 0 aliphatic carbocycles. The van der Waals surface area contributed by atoms with E-state index in [1.165, 1.54) is 0 Å². The van der Waals surface area contributed by atoms with Gasteiger partial charge in [-0.2, -0.15) is 0 Å². The number of carbonyl (C=O) groups excluding carboxylic acids is 2. The molecule has 1 aliphatic heterocycles. The molecule has 2 heterocycles. The number of halogens is 2. The van der Waals surface area contributed by atoms with E-state index in [2.05, 4.69) is 4.98 Å². The Morgan fingerprint density at radius 1 is 1.38 bits per heavy atom. The van der Waals surface area contributed by atoms with Gasteiger partial charge in [-0.3, -0.25) is 14.5 Å². The van der Waals surface area contributed by atoms with Gasteiger partial charge in [0, 0.05) is 0 Å². The number of rotatable bonds is 2. The monoisotopic (exact) mass is 276 g/mol. The van der Waals surface area contributed by atoms with Crippen molar-refractivity contribution in [3.63, 3.8) is 0 Å². The van der Waals surface area contributed by atoms with E-state index in [9.17, 15) is 9.59 Å². The molecule has 0 saturated carbocycles. The zero-order chi connectivity index (χ0) is 11.7. The van der Waals surface area contributed by atoms with Crippen LogP contribution in [0.3, 0.4) is 0 Å². The topological polar surface area (TPSA) is 50.3 Å². The Bertz CT molecular complexity index is 451. The first-order chi connectivity index (χ1) is 7.58. The predicted octanol–water partition coefficient (Wildman–Crippen LogP) is 2.58. The van der Waals surface area contributed by atoms with Crippen LogP contribution in [0, 0.1) is 0 Å². The summed E-state index contributed by atoms with van der Waals surface area (Å²) in [5, 5.41) is 0.399. The van der Waals surface area contributed by atoms with Crippen molar-refractivity contribution < 1.29 is 9.59 Å². The van der Waals surface area contributed by atoms with Gasteiger partial charge in [0.2, 0.25) is 5.91 Å². The van der Waals surface area contributed by atoms with Crippen LogP contribution >= 0.6 is 35.0 Å². The van der Waals surface area contributed by atoms with Crippen LogP contribution in [0.15, 0.2) is 12.1 Å². The molecular formula is C9H6Cl2N2O2S. The molecule has 2 rings (SSSR count). The molecular weight excluding hydrogens is 271 g/mol. The van der Waals surface area contributed by atoms with Crippen molar-refractivity contribution in [2.45, 2.75) is 6.54 Å². The molecule has 1 aromatic heterocycles. The van der Waals surface area contributed by atoms with Crippen LogP contribution in [0.1, 0.15) is 5.69 Å². The van der Waals surface area contributed by atoms with E-state index < -0.39 is 0 Å². The molecule has 0 bridgehead atoms. The Labute approximate surface area is 106 Å². The third-order valence-electron chi connectivity index (χ3n) is 2.03. The maximum atomic E-state index is 11.4. The van der Waals surface area contributed by atoms with Crippen LogP contribution < -0.4 is 0 Å². The second-order valence-corrected chi connectivity index (χ2v) is 4.82. The number of imide groups is 1. The largest absolute Gasteiger partial charge is 0.289 e. The Hall–Kier alpha value is -0.780. The second kappa shape index (κ2) is 4.61. The first-order valence-corrected chi connectivity index (χ1v) is 6.10. The first-order valence-electron chi connectivity index (χ1n) is 4.36. The van der Waals surface area contributed by atoms with E-state index in [1.54, 1.807) is 12.1 Å². The van der Waals surface area contributed by atoms with E-state index in [0.717, 1.165) is 16.7 Å². The third-order valence-corrected chi connectivity index (χ3v) is 3.45. The van der Waals surface area contributed by atoms with Gasteiger partial charge in [-0.25, -0.2) is 4.98 Å². The third kappa shape index (κ3) is 2.31. The van der Waals surface area contributed by atoms with Gasteiger partial charge in [-0.15, -0.1) is 0 Å². The summed E-state index contributed by atoms with van der Waals surface area (Å²) < 4.78 is 0. The molecule has 0 spiro atoms. The summed E-state index contributed by atoms with van der Waals surface area (Å²) in [6, 6.07) is 3.14. The average molecular weight is 277 g/mol. The Kier molecular flexibility index (Phi) is 3.37. The van der Waals surface area contributed by atoms with E-state index in [-0.39, 0.29) is 28.6 Å². The molecule has 1 aromatic rings. The molecule has 0 N–H and O–H groups in total. The standard InChI is InChI=1S/C9H6Cl2N2O2S/c10-5-1-2-7(11)12-6(5)3-13-8(14)4-16-9(13)15/h1-2H,3-4H2. The van der Waals surface area contributed by atoms with E-state index >= 15 is 0 Å². The van der Waals surface area contributed by atoms with Gasteiger partial charge >= 0.3 is 0 Å². The van der Waals surface area contributed by atoms with Crippen LogP contribution in [0.4, 0.5) is 4.79 Å². The van der Waals surface area contributed by atoms with Crippen molar-refractivity contribution in [1.82, 2.24) is 9.88 Å². The smallest absolute Gasteiger partial charge is 0.273 e. The minimum Gasteiger partial charge on any atom is -0.273 e. The van der Waals surface area contributed by atoms with Crippen LogP contribution in [0.5, 0.6) is 0 Å². The predicted molar refractivity (Wildman–Crippen MR) is 62.7 cm³/mol. The normalized spacial score (nSPS) is 16.0. The van der Waals surface area contributed by atoms with Gasteiger partial charge in [0.25, 0.3) is 5.24 Å². The van der Waals surface area contributed by atoms with Gasteiger partial charge in [0.15, 0.2) is 0 Å². The van der Waals surface area contributed by atoms with Crippen molar-refractivity contribution in [1.29, 1.82) is 0 Å². The lowest BCUT2D eigenvalue weighted by molar-refractivity contribution is -0.125. The highest BCUT2D eigenvalue weighted by Gasteiger charge is 2.30. The molecule has 1 fully saturated rings. The number of aromatic nitrogens is 1. The molecule has 2 amide bonds. The Morgan fingerprint density at radius 2 is 2.12 bits per heavy atom. The number of carbonyl (C=O) groups is 2. The van der Waals surface area contributed by atoms with Gasteiger partial charge in [-0.1, -0.05) is 35.0 Å². The fourth-order valence-corrected chi connectivity index (χ4v) is 2.31. The van der Waals surface area contributed by atoms with Gasteiger partial charge in [-0.05, 0) is 12.1 Å².